The molecular weight excluding hydrogens is 344 g/mol. The predicted octanol–water partition coefficient (Wildman–Crippen LogP) is 4.76. The van der Waals surface area contributed by atoms with E-state index in [9.17, 15) is 0 Å². The SMILES string of the molecule is COc1ccc(-c2nn(-c3ccccc3)cc2/C=N/c2nccs2)cc1. The van der Waals surface area contributed by atoms with Gasteiger partial charge < -0.3 is 4.74 Å². The second-order valence-corrected chi connectivity index (χ2v) is 6.39. The Bertz CT molecular complexity index is 1010. The van der Waals surface area contributed by atoms with Crippen LogP contribution in [-0.2, 0) is 0 Å². The molecule has 0 saturated heterocycles. The van der Waals surface area contributed by atoms with Gasteiger partial charge in [0.05, 0.1) is 12.8 Å². The molecule has 0 fully saturated rings. The van der Waals surface area contributed by atoms with Crippen LogP contribution in [-0.4, -0.2) is 28.1 Å². The second-order valence-electron chi connectivity index (χ2n) is 5.51. The fourth-order valence-corrected chi connectivity index (χ4v) is 3.05. The minimum Gasteiger partial charge on any atom is -0.497 e. The summed E-state index contributed by atoms with van der Waals surface area (Å²) in [4.78, 5) is 8.67. The first kappa shape index (κ1) is 16.2. The van der Waals surface area contributed by atoms with Gasteiger partial charge in [-0.2, -0.15) is 5.10 Å². The van der Waals surface area contributed by atoms with Crippen LogP contribution >= 0.6 is 11.3 Å². The smallest absolute Gasteiger partial charge is 0.209 e. The third kappa shape index (κ3) is 3.41. The molecule has 0 radical (unpaired) electrons. The molecular formula is C20H16N4OS. The van der Waals surface area contributed by atoms with Gasteiger partial charge in [0, 0.05) is 35.1 Å². The van der Waals surface area contributed by atoms with Crippen LogP contribution in [0.3, 0.4) is 0 Å². The topological polar surface area (TPSA) is 52.3 Å². The van der Waals surface area contributed by atoms with Crippen molar-refractivity contribution < 1.29 is 4.74 Å². The molecule has 4 aromatic rings. The van der Waals surface area contributed by atoms with E-state index in [1.54, 1.807) is 13.3 Å². The molecule has 0 saturated carbocycles. The highest BCUT2D eigenvalue weighted by Gasteiger charge is 2.11. The maximum atomic E-state index is 5.25. The number of rotatable bonds is 5. The lowest BCUT2D eigenvalue weighted by Gasteiger charge is -2.02. The molecule has 0 bridgehead atoms. The van der Waals surface area contributed by atoms with Crippen molar-refractivity contribution in [3.63, 3.8) is 0 Å². The van der Waals surface area contributed by atoms with Gasteiger partial charge in [0.2, 0.25) is 5.13 Å². The summed E-state index contributed by atoms with van der Waals surface area (Å²) < 4.78 is 7.11. The summed E-state index contributed by atoms with van der Waals surface area (Å²) in [5.41, 5.74) is 3.78. The minimum absolute atomic E-state index is 0.721. The van der Waals surface area contributed by atoms with Gasteiger partial charge in [-0.1, -0.05) is 18.2 Å². The largest absolute Gasteiger partial charge is 0.497 e. The van der Waals surface area contributed by atoms with Crippen LogP contribution in [0, 0.1) is 0 Å². The molecule has 0 spiro atoms. The Kier molecular flexibility index (Phi) is 4.57. The van der Waals surface area contributed by atoms with E-state index in [2.05, 4.69) is 9.98 Å². The van der Waals surface area contributed by atoms with Crippen LogP contribution in [0.25, 0.3) is 16.9 Å². The molecule has 6 heteroatoms. The van der Waals surface area contributed by atoms with E-state index in [0.717, 1.165) is 33.4 Å². The monoisotopic (exact) mass is 360 g/mol. The average Bonchev–Trinajstić information content (AvgIpc) is 3.37. The van der Waals surface area contributed by atoms with Crippen molar-refractivity contribution in [1.82, 2.24) is 14.8 Å². The number of thiazole rings is 1. The molecule has 0 aliphatic rings. The number of aliphatic imine (C=N–C) groups is 1. The number of hydrogen-bond donors (Lipinski definition) is 0. The highest BCUT2D eigenvalue weighted by atomic mass is 32.1. The molecule has 0 atom stereocenters. The number of para-hydroxylation sites is 1. The number of nitrogens with zero attached hydrogens (tertiary/aromatic N) is 4. The molecule has 26 heavy (non-hydrogen) atoms. The third-order valence-electron chi connectivity index (χ3n) is 3.86. The number of benzene rings is 2. The van der Waals surface area contributed by atoms with E-state index in [1.165, 1.54) is 11.3 Å². The van der Waals surface area contributed by atoms with Crippen molar-refractivity contribution in [3.05, 3.63) is 77.9 Å². The first-order valence-electron chi connectivity index (χ1n) is 8.06. The van der Waals surface area contributed by atoms with Gasteiger partial charge in [-0.15, -0.1) is 11.3 Å². The van der Waals surface area contributed by atoms with E-state index in [-0.39, 0.29) is 0 Å². The van der Waals surface area contributed by atoms with Gasteiger partial charge in [0.1, 0.15) is 11.4 Å². The van der Waals surface area contributed by atoms with Gasteiger partial charge in [-0.25, -0.2) is 14.7 Å². The van der Waals surface area contributed by atoms with E-state index >= 15 is 0 Å². The molecule has 128 valence electrons. The van der Waals surface area contributed by atoms with E-state index in [0.29, 0.717) is 0 Å². The molecule has 0 unspecified atom stereocenters. The fraction of sp³-hybridized carbons (Fsp3) is 0.0500. The van der Waals surface area contributed by atoms with Gasteiger partial charge in [-0.3, -0.25) is 0 Å². The quantitative estimate of drug-likeness (QED) is 0.482. The summed E-state index contributed by atoms with van der Waals surface area (Å²) >= 11 is 1.50. The molecule has 0 aliphatic heterocycles. The Hall–Kier alpha value is -3.25. The number of ether oxygens (including phenoxy) is 1. The van der Waals surface area contributed by atoms with Crippen LogP contribution in [0.15, 0.2) is 77.4 Å². The second kappa shape index (κ2) is 7.33. The zero-order chi connectivity index (χ0) is 17.8. The first-order valence-corrected chi connectivity index (χ1v) is 8.94. The Morgan fingerprint density at radius 2 is 1.88 bits per heavy atom. The summed E-state index contributed by atoms with van der Waals surface area (Å²) in [5, 5.41) is 7.40. The number of aromatic nitrogens is 3. The summed E-state index contributed by atoms with van der Waals surface area (Å²) in [7, 11) is 1.66. The lowest BCUT2D eigenvalue weighted by molar-refractivity contribution is 0.415. The normalized spacial score (nSPS) is 11.1. The van der Waals surface area contributed by atoms with Crippen molar-refractivity contribution in [2.24, 2.45) is 4.99 Å². The first-order chi connectivity index (χ1) is 12.8. The standard InChI is InChI=1S/C20H16N4OS/c1-25-18-9-7-15(8-10-18)19-16(13-22-20-21-11-12-26-20)14-24(23-19)17-5-3-2-4-6-17/h2-14H,1H3/b22-13+. The number of methoxy groups -OCH3 is 1. The highest BCUT2D eigenvalue weighted by Crippen LogP contribution is 2.25. The van der Waals surface area contributed by atoms with Gasteiger partial charge in [0.15, 0.2) is 0 Å². The van der Waals surface area contributed by atoms with E-state index < -0.39 is 0 Å². The molecule has 2 aromatic carbocycles. The van der Waals surface area contributed by atoms with Crippen molar-refractivity contribution in [2.45, 2.75) is 0 Å². The van der Waals surface area contributed by atoms with Gasteiger partial charge in [-0.05, 0) is 36.4 Å². The van der Waals surface area contributed by atoms with Crippen LogP contribution in [0.5, 0.6) is 5.75 Å². The maximum absolute atomic E-state index is 5.25. The summed E-state index contributed by atoms with van der Waals surface area (Å²) in [6, 6.07) is 17.9. The number of hydrogen-bond acceptors (Lipinski definition) is 5. The zero-order valence-corrected chi connectivity index (χ0v) is 14.9. The lowest BCUT2D eigenvalue weighted by atomic mass is 10.1. The van der Waals surface area contributed by atoms with Crippen molar-refractivity contribution >= 4 is 22.7 Å². The van der Waals surface area contributed by atoms with Crippen molar-refractivity contribution in [3.8, 4) is 22.7 Å². The molecule has 0 N–H and O–H groups in total. The van der Waals surface area contributed by atoms with Crippen molar-refractivity contribution in [1.29, 1.82) is 0 Å². The van der Waals surface area contributed by atoms with Gasteiger partial charge >= 0.3 is 0 Å². The summed E-state index contributed by atoms with van der Waals surface area (Å²) in [6.45, 7) is 0. The highest BCUT2D eigenvalue weighted by molar-refractivity contribution is 7.13. The lowest BCUT2D eigenvalue weighted by Crippen LogP contribution is -1.94. The van der Waals surface area contributed by atoms with Crippen LogP contribution < -0.4 is 4.74 Å². The molecule has 4 rings (SSSR count). The van der Waals surface area contributed by atoms with E-state index in [1.807, 2.05) is 77.1 Å². The Morgan fingerprint density at radius 3 is 2.58 bits per heavy atom. The Labute approximate surface area is 155 Å². The van der Waals surface area contributed by atoms with Gasteiger partial charge in [0.25, 0.3) is 0 Å². The summed E-state index contributed by atoms with van der Waals surface area (Å²) in [6.07, 6.45) is 5.53. The molecule has 0 amide bonds. The van der Waals surface area contributed by atoms with E-state index in [4.69, 9.17) is 9.84 Å². The summed E-state index contributed by atoms with van der Waals surface area (Å²) in [5.74, 6) is 0.814. The Morgan fingerprint density at radius 1 is 1.08 bits per heavy atom. The van der Waals surface area contributed by atoms with Crippen molar-refractivity contribution in [2.75, 3.05) is 7.11 Å². The molecule has 2 heterocycles. The fourth-order valence-electron chi connectivity index (χ4n) is 2.57. The van der Waals surface area contributed by atoms with Crippen LogP contribution in [0.2, 0.25) is 0 Å². The predicted molar refractivity (Wildman–Crippen MR) is 105 cm³/mol. The van der Waals surface area contributed by atoms with Crippen LogP contribution in [0.4, 0.5) is 5.13 Å². The zero-order valence-electron chi connectivity index (χ0n) is 14.1. The molecule has 0 aliphatic carbocycles. The molecule has 2 aromatic heterocycles. The van der Waals surface area contributed by atoms with Crippen LogP contribution in [0.1, 0.15) is 5.56 Å². The maximum Gasteiger partial charge on any atom is 0.209 e. The molecule has 5 nitrogen and oxygen atoms in total. The Balaban J connectivity index is 1.77. The minimum atomic E-state index is 0.721. The average molecular weight is 360 g/mol. The third-order valence-corrected chi connectivity index (χ3v) is 4.54.